The quantitative estimate of drug-likeness (QED) is 0.870. The van der Waals surface area contributed by atoms with Crippen LogP contribution < -0.4 is 5.32 Å². The van der Waals surface area contributed by atoms with Crippen LogP contribution in [-0.2, 0) is 11.2 Å². The zero-order chi connectivity index (χ0) is 17.0. The molecule has 0 radical (unpaired) electrons. The van der Waals surface area contributed by atoms with Gasteiger partial charge >= 0.3 is 0 Å². The minimum Gasteiger partial charge on any atom is -0.350 e. The minimum absolute atomic E-state index is 0.109. The summed E-state index contributed by atoms with van der Waals surface area (Å²) in [5.74, 6) is -1.90. The molecule has 2 rings (SSSR count). The second-order valence-electron chi connectivity index (χ2n) is 5.89. The Morgan fingerprint density at radius 3 is 2.48 bits per heavy atom. The molecule has 0 heterocycles. The Kier molecular flexibility index (Phi) is 5.48. The highest BCUT2D eigenvalue weighted by Crippen LogP contribution is 2.17. The molecule has 0 aromatic heterocycles. The number of aryl methyl sites for hydroxylation is 3. The summed E-state index contributed by atoms with van der Waals surface area (Å²) < 4.78 is 26.2. The van der Waals surface area contributed by atoms with Gasteiger partial charge < -0.3 is 5.32 Å². The molecule has 1 N–H and O–H groups in total. The van der Waals surface area contributed by atoms with Gasteiger partial charge in [-0.1, -0.05) is 29.8 Å². The number of nitrogens with one attached hydrogen (secondary N) is 1. The Labute approximate surface area is 135 Å². The van der Waals surface area contributed by atoms with E-state index in [1.54, 1.807) is 6.92 Å². The normalized spacial score (nSPS) is 12.0. The van der Waals surface area contributed by atoms with Crippen molar-refractivity contribution in [2.45, 2.75) is 39.7 Å². The molecule has 23 heavy (non-hydrogen) atoms. The number of rotatable bonds is 5. The largest absolute Gasteiger partial charge is 0.350 e. The van der Waals surface area contributed by atoms with E-state index in [9.17, 15) is 13.6 Å². The van der Waals surface area contributed by atoms with E-state index >= 15 is 0 Å². The Hall–Kier alpha value is -2.23. The van der Waals surface area contributed by atoms with Crippen molar-refractivity contribution in [2.75, 3.05) is 0 Å². The van der Waals surface area contributed by atoms with Crippen LogP contribution in [0.2, 0.25) is 0 Å². The first-order chi connectivity index (χ1) is 10.9. The number of carbonyl (C=O) groups is 1. The third-order valence-electron chi connectivity index (χ3n) is 3.94. The fourth-order valence-electron chi connectivity index (χ4n) is 2.55. The van der Waals surface area contributed by atoms with E-state index in [0.717, 1.165) is 17.7 Å². The number of hydrogen-bond acceptors (Lipinski definition) is 1. The standard InChI is InChI=1S/C19H21F2NO/c1-12-4-5-15(13(2)10-12)7-9-19(23)22-14(3)16-6-8-17(20)18(21)11-16/h4-6,8,10-11,14H,7,9H2,1-3H3,(H,22,23)/t14-/m0/s1. The molecular formula is C19H21F2NO. The van der Waals surface area contributed by atoms with Crippen LogP contribution in [0.4, 0.5) is 8.78 Å². The molecule has 2 aromatic rings. The molecular weight excluding hydrogens is 296 g/mol. The first-order valence-electron chi connectivity index (χ1n) is 7.67. The molecule has 0 saturated heterocycles. The number of hydrogen-bond donors (Lipinski definition) is 1. The SMILES string of the molecule is Cc1ccc(CCC(=O)N[C@@H](C)c2ccc(F)c(F)c2)c(C)c1. The van der Waals surface area contributed by atoms with E-state index in [0.29, 0.717) is 18.4 Å². The predicted octanol–water partition coefficient (Wildman–Crippen LogP) is 4.39. The summed E-state index contributed by atoms with van der Waals surface area (Å²) >= 11 is 0. The Balaban J connectivity index is 1.92. The van der Waals surface area contributed by atoms with Crippen LogP contribution in [-0.4, -0.2) is 5.91 Å². The van der Waals surface area contributed by atoms with Gasteiger partial charge in [0.25, 0.3) is 0 Å². The maximum Gasteiger partial charge on any atom is 0.220 e. The number of benzene rings is 2. The third-order valence-corrected chi connectivity index (χ3v) is 3.94. The number of carbonyl (C=O) groups excluding carboxylic acids is 1. The van der Waals surface area contributed by atoms with Crippen molar-refractivity contribution >= 4 is 5.91 Å². The Bertz CT molecular complexity index is 713. The highest BCUT2D eigenvalue weighted by atomic mass is 19.2. The molecule has 4 heteroatoms. The van der Waals surface area contributed by atoms with Crippen molar-refractivity contribution in [3.8, 4) is 0 Å². The summed E-state index contributed by atoms with van der Waals surface area (Å²) in [6.07, 6.45) is 1.01. The molecule has 2 aromatic carbocycles. The minimum atomic E-state index is -0.904. The van der Waals surface area contributed by atoms with E-state index in [-0.39, 0.29) is 11.9 Å². The van der Waals surface area contributed by atoms with Crippen molar-refractivity contribution < 1.29 is 13.6 Å². The van der Waals surface area contributed by atoms with Gasteiger partial charge in [0.05, 0.1) is 6.04 Å². The number of halogens is 2. The van der Waals surface area contributed by atoms with Gasteiger partial charge in [-0.05, 0) is 56.0 Å². The zero-order valence-electron chi connectivity index (χ0n) is 13.6. The second-order valence-corrected chi connectivity index (χ2v) is 5.89. The smallest absolute Gasteiger partial charge is 0.220 e. The average Bonchev–Trinajstić information content (AvgIpc) is 2.49. The summed E-state index contributed by atoms with van der Waals surface area (Å²) in [6, 6.07) is 9.47. The van der Waals surface area contributed by atoms with Gasteiger partial charge in [0, 0.05) is 6.42 Å². The Morgan fingerprint density at radius 1 is 1.09 bits per heavy atom. The maximum atomic E-state index is 13.2. The molecule has 0 saturated carbocycles. The summed E-state index contributed by atoms with van der Waals surface area (Å²) in [4.78, 5) is 12.1. The van der Waals surface area contributed by atoms with Crippen molar-refractivity contribution in [2.24, 2.45) is 0 Å². The van der Waals surface area contributed by atoms with Gasteiger partial charge in [-0.2, -0.15) is 0 Å². The summed E-state index contributed by atoms with van der Waals surface area (Å²) in [5.41, 5.74) is 4.06. The molecule has 0 spiro atoms. The summed E-state index contributed by atoms with van der Waals surface area (Å²) in [7, 11) is 0. The van der Waals surface area contributed by atoms with Crippen LogP contribution in [0.15, 0.2) is 36.4 Å². The lowest BCUT2D eigenvalue weighted by molar-refractivity contribution is -0.121. The van der Waals surface area contributed by atoms with Crippen LogP contribution >= 0.6 is 0 Å². The molecule has 2 nitrogen and oxygen atoms in total. The van der Waals surface area contributed by atoms with E-state index in [2.05, 4.69) is 11.4 Å². The first kappa shape index (κ1) is 17.1. The van der Waals surface area contributed by atoms with Gasteiger partial charge in [0.15, 0.2) is 11.6 Å². The van der Waals surface area contributed by atoms with Gasteiger partial charge in [0.2, 0.25) is 5.91 Å². The predicted molar refractivity (Wildman–Crippen MR) is 87.2 cm³/mol. The summed E-state index contributed by atoms with van der Waals surface area (Å²) in [5, 5.41) is 2.82. The second kappa shape index (κ2) is 7.36. The number of amides is 1. The van der Waals surface area contributed by atoms with E-state index < -0.39 is 11.6 Å². The van der Waals surface area contributed by atoms with Crippen LogP contribution in [0.1, 0.15) is 41.6 Å². The molecule has 0 aliphatic heterocycles. The lowest BCUT2D eigenvalue weighted by Gasteiger charge is -2.15. The molecule has 0 bridgehead atoms. The van der Waals surface area contributed by atoms with Gasteiger partial charge in [-0.25, -0.2) is 8.78 Å². The maximum absolute atomic E-state index is 13.2. The molecule has 0 fully saturated rings. The first-order valence-corrected chi connectivity index (χ1v) is 7.67. The fourth-order valence-corrected chi connectivity index (χ4v) is 2.55. The lowest BCUT2D eigenvalue weighted by atomic mass is 10.0. The molecule has 0 aliphatic rings. The van der Waals surface area contributed by atoms with E-state index in [4.69, 9.17) is 0 Å². The van der Waals surface area contributed by atoms with Crippen LogP contribution in [0.3, 0.4) is 0 Å². The van der Waals surface area contributed by atoms with Gasteiger partial charge in [-0.3, -0.25) is 4.79 Å². The molecule has 0 aliphatic carbocycles. The van der Waals surface area contributed by atoms with Crippen molar-refractivity contribution in [3.63, 3.8) is 0 Å². The zero-order valence-corrected chi connectivity index (χ0v) is 13.6. The Morgan fingerprint density at radius 2 is 1.83 bits per heavy atom. The van der Waals surface area contributed by atoms with E-state index in [1.807, 2.05) is 26.0 Å². The molecule has 1 amide bonds. The van der Waals surface area contributed by atoms with Crippen LogP contribution in [0, 0.1) is 25.5 Å². The molecule has 122 valence electrons. The van der Waals surface area contributed by atoms with Crippen molar-refractivity contribution in [1.82, 2.24) is 5.32 Å². The van der Waals surface area contributed by atoms with Crippen molar-refractivity contribution in [3.05, 3.63) is 70.3 Å². The highest BCUT2D eigenvalue weighted by Gasteiger charge is 2.12. The van der Waals surface area contributed by atoms with Crippen LogP contribution in [0.25, 0.3) is 0 Å². The third kappa shape index (κ3) is 4.62. The van der Waals surface area contributed by atoms with Crippen LogP contribution in [0.5, 0.6) is 0 Å². The summed E-state index contributed by atoms with van der Waals surface area (Å²) in [6.45, 7) is 5.82. The van der Waals surface area contributed by atoms with Gasteiger partial charge in [0.1, 0.15) is 0 Å². The molecule has 0 unspecified atom stereocenters. The monoisotopic (exact) mass is 317 g/mol. The molecule has 1 atom stereocenters. The average molecular weight is 317 g/mol. The highest BCUT2D eigenvalue weighted by molar-refractivity contribution is 5.76. The van der Waals surface area contributed by atoms with Crippen molar-refractivity contribution in [1.29, 1.82) is 0 Å². The van der Waals surface area contributed by atoms with Gasteiger partial charge in [-0.15, -0.1) is 0 Å². The van der Waals surface area contributed by atoms with E-state index in [1.165, 1.54) is 17.2 Å². The topological polar surface area (TPSA) is 29.1 Å². The lowest BCUT2D eigenvalue weighted by Crippen LogP contribution is -2.27. The fraction of sp³-hybridized carbons (Fsp3) is 0.316.